The van der Waals surface area contributed by atoms with Crippen molar-refractivity contribution in [2.24, 2.45) is 249 Å². The summed E-state index contributed by atoms with van der Waals surface area (Å²) in [5, 5.41) is 0. The Morgan fingerprint density at radius 1 is 0.145 bits per heavy atom. The molecule has 36 atom stereocenters. The zero-order valence-electron chi connectivity index (χ0n) is 40.7. The Balaban J connectivity index is 0.942. The van der Waals surface area contributed by atoms with Crippen molar-refractivity contribution in [1.29, 1.82) is 0 Å². The van der Waals surface area contributed by atoms with Gasteiger partial charge in [0.05, 0.1) is 0 Å². The predicted octanol–water partition coefficient (Wildman–Crippen LogP) is 14.0. The first kappa shape index (κ1) is 37.0. The van der Waals surface area contributed by atoms with E-state index in [9.17, 15) is 0 Å². The normalized spacial score (nSPS) is 78.2. The molecule has 0 aromatic heterocycles. The van der Waals surface area contributed by atoms with Crippen molar-refractivity contribution in [1.82, 2.24) is 0 Å². The van der Waals surface area contributed by atoms with Crippen LogP contribution >= 0.6 is 0 Å². The van der Waals surface area contributed by atoms with E-state index >= 15 is 0 Å². The molecule has 0 radical (unpaired) electrons. The van der Waals surface area contributed by atoms with Gasteiger partial charge in [-0.3, -0.25) is 0 Å². The van der Waals surface area contributed by atoms with Crippen LogP contribution in [0.15, 0.2) is 0 Å². The molecule has 0 N–H and O–H groups in total. The van der Waals surface area contributed by atoms with Gasteiger partial charge in [0.25, 0.3) is 0 Å². The summed E-state index contributed by atoms with van der Waals surface area (Å²) in [4.78, 5) is 0. The van der Waals surface area contributed by atoms with E-state index in [-0.39, 0.29) is 0 Å². The van der Waals surface area contributed by atoms with Gasteiger partial charge in [-0.1, -0.05) is 81.1 Å². The van der Waals surface area contributed by atoms with Gasteiger partial charge in [0.15, 0.2) is 0 Å². The van der Waals surface area contributed by atoms with E-state index in [1.807, 2.05) is 0 Å². The van der Waals surface area contributed by atoms with E-state index in [1.54, 1.807) is 77.0 Å². The summed E-state index contributed by atoms with van der Waals surface area (Å²) < 4.78 is 0. The topological polar surface area (TPSA) is 0 Å². The van der Waals surface area contributed by atoms with E-state index in [4.69, 9.17) is 0 Å². The van der Waals surface area contributed by atoms with Crippen LogP contribution in [0.2, 0.25) is 0 Å². The van der Waals surface area contributed by atoms with Gasteiger partial charge in [0.1, 0.15) is 0 Å². The molecular formula is C62H90. The van der Waals surface area contributed by atoms with Gasteiger partial charge in [-0.25, -0.2) is 0 Å². The Labute approximate surface area is 379 Å². The molecule has 62 heavy (non-hydrogen) atoms. The molecule has 0 heterocycles. The van der Waals surface area contributed by atoms with Crippen LogP contribution in [0.1, 0.15) is 132 Å². The van der Waals surface area contributed by atoms with Crippen molar-refractivity contribution in [3.63, 3.8) is 0 Å². The summed E-state index contributed by atoms with van der Waals surface area (Å²) in [6.45, 7) is 23.3. The van der Waals surface area contributed by atoms with E-state index in [0.29, 0.717) is 0 Å². The highest BCUT2D eigenvalue weighted by Crippen LogP contribution is 2.89. The zero-order chi connectivity index (χ0) is 40.7. The van der Waals surface area contributed by atoms with E-state index in [0.717, 1.165) is 189 Å². The highest BCUT2D eigenvalue weighted by atomic mass is 14.9. The van der Waals surface area contributed by atoms with Crippen molar-refractivity contribution >= 4 is 0 Å². The molecule has 0 aliphatic heterocycles. The Bertz CT molecular complexity index is 1690. The molecule has 0 aromatic rings. The lowest BCUT2D eigenvalue weighted by Gasteiger charge is -2.87. The van der Waals surface area contributed by atoms with Gasteiger partial charge in [0, 0.05) is 0 Å². The van der Waals surface area contributed by atoms with Crippen molar-refractivity contribution < 1.29 is 0 Å². The first-order valence-electron chi connectivity index (χ1n) is 30.2. The van der Waals surface area contributed by atoms with E-state index in [2.05, 4.69) is 55.4 Å². The monoisotopic (exact) mass is 835 g/mol. The maximum Gasteiger partial charge on any atom is -0.0312 e. The largest absolute Gasteiger partial charge is 0.0622 e. The molecule has 338 valence electrons. The molecular weight excluding hydrogens is 745 g/mol. The summed E-state index contributed by atoms with van der Waals surface area (Å²) >= 11 is 0. The van der Waals surface area contributed by atoms with Gasteiger partial charge in [-0.2, -0.15) is 0 Å². The third-order valence-electron chi connectivity index (χ3n) is 32.0. The standard InChI is InChI=1S/C62H90/c1-21-9-13-29-33-17-18-34-31-15-11-23(3)39-27(7)42-28(8)40-24(4)12-16-32-36-20-19-35-30-14-10-22(2)38-26(6)41-25(5)37(21)43(29)53-51(41)54(44(30)38)58-49(35)50(36)60-56(46(32)40)52(42)55(45(31)39)59-48(34)47(33)57(53)61(58)62(59)60/h21-62H,9-20H2,1-8H3. The van der Waals surface area contributed by atoms with Gasteiger partial charge in [-0.05, 0) is 300 Å². The average Bonchev–Trinajstić information content (AvgIpc) is 3.27. The fourth-order valence-corrected chi connectivity index (χ4v) is 33.1. The van der Waals surface area contributed by atoms with Crippen molar-refractivity contribution in [2.45, 2.75) is 132 Å². The molecule has 0 amide bonds. The van der Waals surface area contributed by atoms with Crippen LogP contribution in [0.3, 0.4) is 0 Å². The lowest BCUT2D eigenvalue weighted by Crippen LogP contribution is -2.83. The molecule has 18 fully saturated rings. The number of rotatable bonds is 0. The smallest absolute Gasteiger partial charge is 0.0312 e. The molecule has 0 saturated heterocycles. The Hall–Kier alpha value is 0. The van der Waals surface area contributed by atoms with Gasteiger partial charge in [-0.15, -0.1) is 0 Å². The average molecular weight is 835 g/mol. The fraction of sp³-hybridized carbons (Fsp3) is 1.00. The maximum atomic E-state index is 2.98. The van der Waals surface area contributed by atoms with Crippen molar-refractivity contribution in [3.05, 3.63) is 0 Å². The second-order valence-corrected chi connectivity index (χ2v) is 31.1. The molecule has 0 heteroatoms. The molecule has 0 nitrogen and oxygen atoms in total. The molecule has 36 unspecified atom stereocenters. The molecule has 18 aliphatic carbocycles. The Morgan fingerprint density at radius 2 is 0.290 bits per heavy atom. The molecule has 0 spiro atoms. The van der Waals surface area contributed by atoms with Crippen LogP contribution in [-0.4, -0.2) is 0 Å². The van der Waals surface area contributed by atoms with Crippen LogP contribution in [0.4, 0.5) is 0 Å². The highest BCUT2D eigenvalue weighted by molar-refractivity contribution is 5.32. The van der Waals surface area contributed by atoms with E-state index in [1.165, 1.54) is 59.2 Å². The van der Waals surface area contributed by atoms with Crippen molar-refractivity contribution in [2.75, 3.05) is 0 Å². The molecule has 18 saturated carbocycles. The minimum Gasteiger partial charge on any atom is -0.0622 e. The summed E-state index contributed by atoms with van der Waals surface area (Å²) in [6.07, 6.45) is 19.9. The zero-order valence-corrected chi connectivity index (χ0v) is 40.7. The summed E-state index contributed by atoms with van der Waals surface area (Å²) in [6, 6.07) is 0. The van der Waals surface area contributed by atoms with Crippen LogP contribution < -0.4 is 0 Å². The number of hydrogen-bond donors (Lipinski definition) is 0. The van der Waals surface area contributed by atoms with Crippen LogP contribution in [-0.2, 0) is 0 Å². The third kappa shape index (κ3) is 3.57. The van der Waals surface area contributed by atoms with Crippen molar-refractivity contribution in [3.8, 4) is 0 Å². The SMILES string of the molecule is CC1CCC2C3CCC4C5CCC(C)C6C(C)C7C(C)C8C(C)CCC9C%10CCC%11C%12CCC(C)C%13C(C)C%14C(C)C1C2C1C%14C(C%12%13)C2C%11C%10C%10C(C98)C7C(C56)C5C4C3C1C2C5%10. The third-order valence-corrected chi connectivity index (χ3v) is 32.0. The molecule has 0 aromatic carbocycles. The molecule has 18 rings (SSSR count). The molecule has 18 aliphatic rings. The molecule has 0 bridgehead atoms. The fourth-order valence-electron chi connectivity index (χ4n) is 33.1. The lowest BCUT2D eigenvalue weighted by atomic mass is 9.17. The van der Waals surface area contributed by atoms with Gasteiger partial charge in [0.2, 0.25) is 0 Å². The Morgan fingerprint density at radius 3 is 0.500 bits per heavy atom. The lowest BCUT2D eigenvalue weighted by molar-refractivity contribution is -0.405. The highest BCUT2D eigenvalue weighted by Gasteiger charge is 2.85. The quantitative estimate of drug-likeness (QED) is 0.228. The van der Waals surface area contributed by atoms with Crippen LogP contribution in [0, 0.1) is 249 Å². The van der Waals surface area contributed by atoms with Crippen LogP contribution in [0.25, 0.3) is 0 Å². The van der Waals surface area contributed by atoms with Gasteiger partial charge < -0.3 is 0 Å². The first-order valence-corrected chi connectivity index (χ1v) is 30.2. The minimum absolute atomic E-state index is 0.999. The number of hydrogen-bond acceptors (Lipinski definition) is 0. The van der Waals surface area contributed by atoms with Gasteiger partial charge >= 0.3 is 0 Å². The summed E-state index contributed by atoms with van der Waals surface area (Å²) in [7, 11) is 0. The second-order valence-electron chi connectivity index (χ2n) is 31.1. The van der Waals surface area contributed by atoms with Crippen LogP contribution in [0.5, 0.6) is 0 Å². The van der Waals surface area contributed by atoms with E-state index < -0.39 is 0 Å². The predicted molar refractivity (Wildman–Crippen MR) is 247 cm³/mol. The summed E-state index contributed by atoms with van der Waals surface area (Å²) in [5.41, 5.74) is 0. The maximum absolute atomic E-state index is 2.98. The first-order chi connectivity index (χ1) is 30.2. The second kappa shape index (κ2) is 11.5. The Kier molecular flexibility index (Phi) is 6.88. The summed E-state index contributed by atoms with van der Waals surface area (Å²) in [5.74, 6) is 46.8. The number of fused-ring (bicyclic) bond motifs is 4. The minimum atomic E-state index is 0.999.